The molecule has 0 aliphatic rings. The Morgan fingerprint density at radius 2 is 2.00 bits per heavy atom. The van der Waals surface area contributed by atoms with E-state index in [1.165, 1.54) is 0 Å². The van der Waals surface area contributed by atoms with Crippen LogP contribution in [0.3, 0.4) is 0 Å². The van der Waals surface area contributed by atoms with Gasteiger partial charge in [-0.15, -0.1) is 0 Å². The Labute approximate surface area is 143 Å². The zero-order valence-electron chi connectivity index (χ0n) is 12.5. The lowest BCUT2D eigenvalue weighted by Gasteiger charge is -2.20. The van der Waals surface area contributed by atoms with Crippen molar-refractivity contribution in [2.75, 3.05) is 7.05 Å². The van der Waals surface area contributed by atoms with Crippen LogP contribution in [0.2, 0.25) is 10.0 Å². The van der Waals surface area contributed by atoms with Crippen LogP contribution in [-0.2, 0) is 5.54 Å². The summed E-state index contributed by atoms with van der Waals surface area (Å²) in [6, 6.07) is 12.9. The zero-order valence-corrected chi connectivity index (χ0v) is 14.0. The van der Waals surface area contributed by atoms with Gasteiger partial charge in [0.2, 0.25) is 5.89 Å². The van der Waals surface area contributed by atoms with Crippen molar-refractivity contribution in [3.05, 3.63) is 52.0 Å². The van der Waals surface area contributed by atoms with Crippen LogP contribution in [0.5, 0.6) is 0 Å². The molecule has 0 aliphatic heterocycles. The second-order valence-electron chi connectivity index (χ2n) is 5.31. The number of halogens is 2. The predicted molar refractivity (Wildman–Crippen MR) is 91.5 cm³/mol. The van der Waals surface area contributed by atoms with E-state index in [9.17, 15) is 5.26 Å². The average Bonchev–Trinajstić information content (AvgIpc) is 2.96. The fourth-order valence-corrected chi connectivity index (χ4v) is 2.77. The number of aromatic nitrogens is 1. The molecule has 116 valence electrons. The Bertz CT molecular complexity index is 929. The number of oxazole rings is 1. The lowest BCUT2D eigenvalue weighted by Crippen LogP contribution is -2.34. The van der Waals surface area contributed by atoms with Gasteiger partial charge in [0, 0.05) is 5.02 Å². The third-order valence-electron chi connectivity index (χ3n) is 3.85. The summed E-state index contributed by atoms with van der Waals surface area (Å²) < 4.78 is 5.77. The number of hydrogen-bond acceptors (Lipinski definition) is 4. The SMILES string of the molecule is CNC(C)(C#N)c1ccc2oc(-c3ccc(Cl)cc3Cl)nc2c1. The molecular weight excluding hydrogens is 333 g/mol. The second kappa shape index (κ2) is 5.86. The van der Waals surface area contributed by atoms with E-state index in [1.54, 1.807) is 31.3 Å². The molecule has 3 aromatic rings. The first-order chi connectivity index (χ1) is 11.0. The maximum Gasteiger partial charge on any atom is 0.228 e. The lowest BCUT2D eigenvalue weighted by atomic mass is 9.94. The Morgan fingerprint density at radius 1 is 1.22 bits per heavy atom. The van der Waals surface area contributed by atoms with Gasteiger partial charge in [0.25, 0.3) is 0 Å². The summed E-state index contributed by atoms with van der Waals surface area (Å²) in [6.45, 7) is 1.81. The third-order valence-corrected chi connectivity index (χ3v) is 4.40. The lowest BCUT2D eigenvalue weighted by molar-refractivity contribution is 0.518. The fourth-order valence-electron chi connectivity index (χ4n) is 2.28. The van der Waals surface area contributed by atoms with Crippen molar-refractivity contribution < 1.29 is 4.42 Å². The number of nitrogens with zero attached hydrogens (tertiary/aromatic N) is 2. The van der Waals surface area contributed by atoms with E-state index in [2.05, 4.69) is 16.4 Å². The number of fused-ring (bicyclic) bond motifs is 1. The number of benzene rings is 2. The molecule has 0 spiro atoms. The van der Waals surface area contributed by atoms with Gasteiger partial charge in [-0.25, -0.2) is 4.98 Å². The number of nitrogens with one attached hydrogen (secondary N) is 1. The van der Waals surface area contributed by atoms with Gasteiger partial charge >= 0.3 is 0 Å². The summed E-state index contributed by atoms with van der Waals surface area (Å²) in [4.78, 5) is 4.48. The van der Waals surface area contributed by atoms with Gasteiger partial charge in [-0.1, -0.05) is 29.3 Å². The van der Waals surface area contributed by atoms with Gasteiger partial charge in [0.15, 0.2) is 5.58 Å². The first-order valence-corrected chi connectivity index (χ1v) is 7.69. The predicted octanol–water partition coefficient (Wildman–Crippen LogP) is 4.76. The molecule has 1 unspecified atom stereocenters. The van der Waals surface area contributed by atoms with E-state index in [0.717, 1.165) is 5.56 Å². The van der Waals surface area contributed by atoms with Crippen LogP contribution in [0.1, 0.15) is 12.5 Å². The molecule has 0 saturated carbocycles. The highest BCUT2D eigenvalue weighted by Crippen LogP contribution is 2.33. The van der Waals surface area contributed by atoms with E-state index in [1.807, 2.05) is 19.1 Å². The van der Waals surface area contributed by atoms with E-state index in [-0.39, 0.29) is 0 Å². The van der Waals surface area contributed by atoms with Crippen molar-refractivity contribution in [2.45, 2.75) is 12.5 Å². The molecule has 4 nitrogen and oxygen atoms in total. The third kappa shape index (κ3) is 2.79. The normalized spacial score (nSPS) is 13.7. The van der Waals surface area contributed by atoms with Crippen LogP contribution in [-0.4, -0.2) is 12.0 Å². The van der Waals surface area contributed by atoms with Crippen molar-refractivity contribution in [3.8, 4) is 17.5 Å². The van der Waals surface area contributed by atoms with Crippen molar-refractivity contribution >= 4 is 34.3 Å². The molecule has 1 aromatic heterocycles. The minimum absolute atomic E-state index is 0.418. The van der Waals surface area contributed by atoms with E-state index in [0.29, 0.717) is 32.6 Å². The van der Waals surface area contributed by atoms with Gasteiger partial charge in [-0.3, -0.25) is 5.32 Å². The molecule has 0 aliphatic carbocycles. The highest BCUT2D eigenvalue weighted by atomic mass is 35.5. The Balaban J connectivity index is 2.11. The molecule has 0 saturated heterocycles. The number of nitriles is 1. The summed E-state index contributed by atoms with van der Waals surface area (Å²) >= 11 is 12.1. The van der Waals surface area contributed by atoms with Gasteiger partial charge in [-0.2, -0.15) is 5.26 Å². The summed E-state index contributed by atoms with van der Waals surface area (Å²) in [5.41, 5.74) is 2.00. The van der Waals surface area contributed by atoms with Crippen LogP contribution in [0.25, 0.3) is 22.6 Å². The molecule has 0 fully saturated rings. The van der Waals surface area contributed by atoms with E-state index in [4.69, 9.17) is 27.6 Å². The summed E-state index contributed by atoms with van der Waals surface area (Å²) in [6.07, 6.45) is 0. The molecule has 1 atom stereocenters. The van der Waals surface area contributed by atoms with Crippen LogP contribution < -0.4 is 5.32 Å². The minimum atomic E-state index is -0.786. The van der Waals surface area contributed by atoms with Gasteiger partial charge < -0.3 is 4.42 Å². The highest BCUT2D eigenvalue weighted by molar-refractivity contribution is 6.36. The van der Waals surface area contributed by atoms with E-state index < -0.39 is 5.54 Å². The van der Waals surface area contributed by atoms with Crippen LogP contribution >= 0.6 is 23.2 Å². The van der Waals surface area contributed by atoms with Crippen LogP contribution in [0, 0.1) is 11.3 Å². The number of hydrogen-bond donors (Lipinski definition) is 1. The zero-order chi connectivity index (χ0) is 16.6. The minimum Gasteiger partial charge on any atom is -0.436 e. The molecule has 3 rings (SSSR count). The Morgan fingerprint density at radius 3 is 2.65 bits per heavy atom. The smallest absolute Gasteiger partial charge is 0.228 e. The molecule has 2 aromatic carbocycles. The Hall–Kier alpha value is -2.06. The van der Waals surface area contributed by atoms with Crippen molar-refractivity contribution in [1.82, 2.24) is 10.3 Å². The molecular formula is C17H13Cl2N3O. The summed E-state index contributed by atoms with van der Waals surface area (Å²) in [5, 5.41) is 13.4. The van der Waals surface area contributed by atoms with Gasteiger partial charge in [0.05, 0.1) is 16.7 Å². The van der Waals surface area contributed by atoms with Gasteiger partial charge in [-0.05, 0) is 49.9 Å². The van der Waals surface area contributed by atoms with E-state index >= 15 is 0 Å². The van der Waals surface area contributed by atoms with Crippen molar-refractivity contribution in [1.29, 1.82) is 5.26 Å². The van der Waals surface area contributed by atoms with Crippen molar-refractivity contribution in [2.24, 2.45) is 0 Å². The fraction of sp³-hybridized carbons (Fsp3) is 0.176. The molecule has 0 radical (unpaired) electrons. The average molecular weight is 346 g/mol. The molecule has 1 N–H and O–H groups in total. The molecule has 1 heterocycles. The quantitative estimate of drug-likeness (QED) is 0.743. The summed E-state index contributed by atoms with van der Waals surface area (Å²) in [7, 11) is 1.75. The highest BCUT2D eigenvalue weighted by Gasteiger charge is 2.25. The molecule has 0 bridgehead atoms. The molecule has 6 heteroatoms. The largest absolute Gasteiger partial charge is 0.436 e. The van der Waals surface area contributed by atoms with Crippen LogP contribution in [0.15, 0.2) is 40.8 Å². The second-order valence-corrected chi connectivity index (χ2v) is 6.16. The first kappa shape index (κ1) is 15.8. The standard InChI is InChI=1S/C17H13Cl2N3O/c1-17(9-20,21-2)10-3-6-15-14(7-10)22-16(23-15)12-5-4-11(18)8-13(12)19/h3-8,21H,1-2H3. The molecule has 23 heavy (non-hydrogen) atoms. The summed E-state index contributed by atoms with van der Waals surface area (Å²) in [5.74, 6) is 0.418. The topological polar surface area (TPSA) is 61.9 Å². The Kier molecular flexibility index (Phi) is 4.03. The first-order valence-electron chi connectivity index (χ1n) is 6.93. The molecule has 0 amide bonds. The number of rotatable bonds is 3. The monoisotopic (exact) mass is 345 g/mol. The van der Waals surface area contributed by atoms with Gasteiger partial charge in [0.1, 0.15) is 11.1 Å². The maximum absolute atomic E-state index is 9.37. The maximum atomic E-state index is 9.37. The van der Waals surface area contributed by atoms with Crippen molar-refractivity contribution in [3.63, 3.8) is 0 Å². The van der Waals surface area contributed by atoms with Crippen LogP contribution in [0.4, 0.5) is 0 Å².